The Kier molecular flexibility index (Phi) is 5.29. The SMILES string of the molecule is COc1ccccc1Cc1nc2c(c(N3CCOCC3)n1)CN(C(=O)C1CC1)CC2. The molecule has 0 atom stereocenters. The van der Waals surface area contributed by atoms with Crippen LogP contribution in [0.15, 0.2) is 24.3 Å². The maximum atomic E-state index is 12.7. The Hall–Kier alpha value is -2.67. The summed E-state index contributed by atoms with van der Waals surface area (Å²) in [4.78, 5) is 26.9. The summed E-state index contributed by atoms with van der Waals surface area (Å²) in [5, 5.41) is 0. The lowest BCUT2D eigenvalue weighted by atomic mass is 10.0. The van der Waals surface area contributed by atoms with E-state index in [1.54, 1.807) is 7.11 Å². The Balaban J connectivity index is 1.49. The second kappa shape index (κ2) is 8.22. The highest BCUT2D eigenvalue weighted by atomic mass is 16.5. The van der Waals surface area contributed by atoms with Gasteiger partial charge in [0.15, 0.2) is 0 Å². The lowest BCUT2D eigenvalue weighted by molar-refractivity contribution is -0.133. The van der Waals surface area contributed by atoms with Crippen LogP contribution in [0.25, 0.3) is 0 Å². The fourth-order valence-corrected chi connectivity index (χ4v) is 4.36. The maximum absolute atomic E-state index is 12.7. The first kappa shape index (κ1) is 19.3. The van der Waals surface area contributed by atoms with Gasteiger partial charge in [0, 0.05) is 49.5 Å². The average Bonchev–Trinajstić information content (AvgIpc) is 3.64. The first-order valence-electron chi connectivity index (χ1n) is 10.8. The van der Waals surface area contributed by atoms with E-state index in [-0.39, 0.29) is 5.92 Å². The molecule has 1 saturated carbocycles. The van der Waals surface area contributed by atoms with Gasteiger partial charge in [-0.2, -0.15) is 0 Å². The molecule has 0 spiro atoms. The van der Waals surface area contributed by atoms with Gasteiger partial charge in [0.25, 0.3) is 0 Å². The minimum absolute atomic E-state index is 0.240. The van der Waals surface area contributed by atoms with Crippen LogP contribution in [0, 0.1) is 5.92 Å². The monoisotopic (exact) mass is 408 g/mol. The van der Waals surface area contributed by atoms with Crippen molar-refractivity contribution in [2.45, 2.75) is 32.2 Å². The summed E-state index contributed by atoms with van der Waals surface area (Å²) in [7, 11) is 1.69. The molecule has 7 nitrogen and oxygen atoms in total. The van der Waals surface area contributed by atoms with Crippen molar-refractivity contribution in [3.05, 3.63) is 46.9 Å². The minimum atomic E-state index is 0.240. The molecule has 1 aromatic heterocycles. The van der Waals surface area contributed by atoms with Gasteiger partial charge in [-0.25, -0.2) is 9.97 Å². The summed E-state index contributed by atoms with van der Waals surface area (Å²) >= 11 is 0. The van der Waals surface area contributed by atoms with Crippen molar-refractivity contribution in [3.8, 4) is 5.75 Å². The fraction of sp³-hybridized carbons (Fsp3) is 0.522. The Bertz CT molecular complexity index is 938. The van der Waals surface area contributed by atoms with Crippen LogP contribution < -0.4 is 9.64 Å². The van der Waals surface area contributed by atoms with Crippen molar-refractivity contribution in [1.29, 1.82) is 0 Å². The number of hydrogen-bond acceptors (Lipinski definition) is 6. The Morgan fingerprint density at radius 3 is 2.73 bits per heavy atom. The Labute approximate surface area is 177 Å². The first-order chi connectivity index (χ1) is 14.7. The van der Waals surface area contributed by atoms with Crippen LogP contribution >= 0.6 is 0 Å². The van der Waals surface area contributed by atoms with E-state index in [0.29, 0.717) is 32.1 Å². The van der Waals surface area contributed by atoms with Gasteiger partial charge in [-0.05, 0) is 18.9 Å². The van der Waals surface area contributed by atoms with E-state index in [4.69, 9.17) is 19.4 Å². The summed E-state index contributed by atoms with van der Waals surface area (Å²) in [6, 6.07) is 8.02. The molecular weight excluding hydrogens is 380 g/mol. The van der Waals surface area contributed by atoms with Crippen molar-refractivity contribution in [2.24, 2.45) is 5.92 Å². The molecule has 7 heteroatoms. The van der Waals surface area contributed by atoms with E-state index in [9.17, 15) is 4.79 Å². The average molecular weight is 409 g/mol. The summed E-state index contributed by atoms with van der Waals surface area (Å²) in [5.41, 5.74) is 3.27. The molecule has 2 fully saturated rings. The van der Waals surface area contributed by atoms with Crippen LogP contribution in [0.3, 0.4) is 0 Å². The molecule has 1 saturated heterocycles. The van der Waals surface area contributed by atoms with E-state index in [1.165, 1.54) is 0 Å². The highest BCUT2D eigenvalue weighted by Crippen LogP contribution is 2.34. The highest BCUT2D eigenvalue weighted by Gasteiger charge is 2.36. The number of hydrogen-bond donors (Lipinski definition) is 0. The zero-order valence-corrected chi connectivity index (χ0v) is 17.5. The molecule has 5 rings (SSSR count). The number of ether oxygens (including phenoxy) is 2. The molecule has 3 heterocycles. The number of rotatable bonds is 5. The molecular formula is C23H28N4O3. The van der Waals surface area contributed by atoms with Crippen molar-refractivity contribution in [3.63, 3.8) is 0 Å². The quantitative estimate of drug-likeness (QED) is 0.756. The molecule has 0 radical (unpaired) electrons. The first-order valence-corrected chi connectivity index (χ1v) is 10.8. The summed E-state index contributed by atoms with van der Waals surface area (Å²) in [6.45, 7) is 4.39. The highest BCUT2D eigenvalue weighted by molar-refractivity contribution is 5.81. The molecule has 0 N–H and O–H groups in total. The van der Waals surface area contributed by atoms with Gasteiger partial charge < -0.3 is 19.3 Å². The number of para-hydroxylation sites is 1. The summed E-state index contributed by atoms with van der Waals surface area (Å²) in [5.74, 6) is 3.17. The predicted molar refractivity (Wildman–Crippen MR) is 113 cm³/mol. The Morgan fingerprint density at radius 2 is 1.97 bits per heavy atom. The smallest absolute Gasteiger partial charge is 0.225 e. The van der Waals surface area contributed by atoms with Gasteiger partial charge in [0.1, 0.15) is 17.4 Å². The molecule has 2 aliphatic heterocycles. The van der Waals surface area contributed by atoms with Crippen molar-refractivity contribution in [2.75, 3.05) is 44.9 Å². The van der Waals surface area contributed by atoms with Crippen LogP contribution in [0.5, 0.6) is 5.75 Å². The topological polar surface area (TPSA) is 67.8 Å². The van der Waals surface area contributed by atoms with E-state index < -0.39 is 0 Å². The van der Waals surface area contributed by atoms with Crippen LogP contribution in [0.2, 0.25) is 0 Å². The molecule has 2 aromatic rings. The second-order valence-corrected chi connectivity index (χ2v) is 8.26. The summed E-state index contributed by atoms with van der Waals surface area (Å²) < 4.78 is 11.1. The number of aromatic nitrogens is 2. The van der Waals surface area contributed by atoms with Crippen molar-refractivity contribution in [1.82, 2.24) is 14.9 Å². The molecule has 0 unspecified atom stereocenters. The standard InChI is InChI=1S/C23H28N4O3/c1-29-20-5-3-2-4-17(20)14-21-24-19-8-9-27(23(28)16-6-7-16)15-18(19)22(25-21)26-10-12-30-13-11-26/h2-5,16H,6-15H2,1H3. The second-order valence-electron chi connectivity index (χ2n) is 8.26. The third-order valence-corrected chi connectivity index (χ3v) is 6.17. The molecule has 30 heavy (non-hydrogen) atoms. The van der Waals surface area contributed by atoms with Crippen LogP contribution in [-0.2, 0) is 28.9 Å². The van der Waals surface area contributed by atoms with Gasteiger partial charge >= 0.3 is 0 Å². The predicted octanol–water partition coefficient (Wildman–Crippen LogP) is 2.21. The van der Waals surface area contributed by atoms with Gasteiger partial charge in [0.05, 0.1) is 32.6 Å². The number of carbonyl (C=O) groups is 1. The minimum Gasteiger partial charge on any atom is -0.496 e. The van der Waals surface area contributed by atoms with Gasteiger partial charge in [-0.1, -0.05) is 18.2 Å². The normalized spacial score (nSPS) is 18.8. The lowest BCUT2D eigenvalue weighted by Crippen LogP contribution is -2.41. The number of fused-ring (bicyclic) bond motifs is 1. The number of carbonyl (C=O) groups excluding carboxylic acids is 1. The number of nitrogens with zero attached hydrogens (tertiary/aromatic N) is 4. The third kappa shape index (κ3) is 3.86. The number of morpholine rings is 1. The molecule has 1 amide bonds. The number of anilines is 1. The van der Waals surface area contributed by atoms with Crippen molar-refractivity contribution < 1.29 is 14.3 Å². The molecule has 3 aliphatic rings. The van der Waals surface area contributed by atoms with Gasteiger partial charge in [0.2, 0.25) is 5.91 Å². The third-order valence-electron chi connectivity index (χ3n) is 6.17. The van der Waals surface area contributed by atoms with Crippen molar-refractivity contribution >= 4 is 11.7 Å². The number of amides is 1. The number of methoxy groups -OCH3 is 1. The summed E-state index contributed by atoms with van der Waals surface area (Å²) in [6.07, 6.45) is 3.48. The van der Waals surface area contributed by atoms with Crippen LogP contribution in [-0.4, -0.2) is 60.7 Å². The maximum Gasteiger partial charge on any atom is 0.225 e. The Morgan fingerprint density at radius 1 is 1.17 bits per heavy atom. The van der Waals surface area contributed by atoms with E-state index in [1.807, 2.05) is 23.1 Å². The largest absolute Gasteiger partial charge is 0.496 e. The fourth-order valence-electron chi connectivity index (χ4n) is 4.36. The molecule has 158 valence electrons. The zero-order valence-electron chi connectivity index (χ0n) is 17.5. The van der Waals surface area contributed by atoms with Crippen LogP contribution in [0.4, 0.5) is 5.82 Å². The van der Waals surface area contributed by atoms with Crippen LogP contribution in [0.1, 0.15) is 35.5 Å². The zero-order chi connectivity index (χ0) is 20.5. The molecule has 1 aromatic carbocycles. The molecule has 1 aliphatic carbocycles. The van der Waals surface area contributed by atoms with Gasteiger partial charge in [-0.15, -0.1) is 0 Å². The van der Waals surface area contributed by atoms with E-state index in [2.05, 4.69) is 11.0 Å². The lowest BCUT2D eigenvalue weighted by Gasteiger charge is -2.34. The van der Waals surface area contributed by atoms with Gasteiger partial charge in [-0.3, -0.25) is 4.79 Å². The molecule has 0 bridgehead atoms. The number of benzene rings is 1. The van der Waals surface area contributed by atoms with E-state index in [0.717, 1.165) is 73.1 Å². The van der Waals surface area contributed by atoms with E-state index >= 15 is 0 Å².